The number of hydrogen-bond donors (Lipinski definition) is 1. The third-order valence-electron chi connectivity index (χ3n) is 4.54. The normalized spacial score (nSPS) is 24.4. The summed E-state index contributed by atoms with van der Waals surface area (Å²) in [6, 6.07) is 0.105. The van der Waals surface area contributed by atoms with Crippen molar-refractivity contribution >= 4 is 11.9 Å². The largest absolute Gasteiger partial charge is 0.381 e. The number of urea groups is 1. The van der Waals surface area contributed by atoms with Crippen LogP contribution in [0.5, 0.6) is 0 Å². The summed E-state index contributed by atoms with van der Waals surface area (Å²) < 4.78 is 5.46. The van der Waals surface area contributed by atoms with Crippen molar-refractivity contribution in [1.29, 1.82) is 0 Å². The second-order valence-corrected chi connectivity index (χ2v) is 6.75. The molecule has 2 rings (SSSR count). The van der Waals surface area contributed by atoms with E-state index in [0.29, 0.717) is 26.3 Å². The van der Waals surface area contributed by atoms with Gasteiger partial charge < -0.3 is 19.9 Å². The van der Waals surface area contributed by atoms with E-state index in [2.05, 4.69) is 5.32 Å². The van der Waals surface area contributed by atoms with Crippen LogP contribution in [0, 0.1) is 11.3 Å². The highest BCUT2D eigenvalue weighted by Crippen LogP contribution is 2.44. The summed E-state index contributed by atoms with van der Waals surface area (Å²) in [6.45, 7) is 6.45. The quantitative estimate of drug-likeness (QED) is 0.824. The molecular weight excluding hydrogens is 270 g/mol. The van der Waals surface area contributed by atoms with E-state index in [1.54, 1.807) is 19.0 Å². The van der Waals surface area contributed by atoms with Crippen molar-refractivity contribution in [3.8, 4) is 0 Å². The number of ether oxygens (including phenoxy) is 1. The highest BCUT2D eigenvalue weighted by Gasteiger charge is 2.51. The molecule has 0 bridgehead atoms. The molecule has 120 valence electrons. The number of carbonyl (C=O) groups is 2. The molecule has 2 fully saturated rings. The Morgan fingerprint density at radius 2 is 1.90 bits per heavy atom. The van der Waals surface area contributed by atoms with Crippen LogP contribution in [0.3, 0.4) is 0 Å². The zero-order valence-electron chi connectivity index (χ0n) is 13.5. The molecule has 1 atom stereocenters. The maximum absolute atomic E-state index is 12.6. The Bertz CT molecular complexity index is 403. The highest BCUT2D eigenvalue weighted by molar-refractivity contribution is 5.82. The van der Waals surface area contributed by atoms with Crippen LogP contribution >= 0.6 is 0 Å². The van der Waals surface area contributed by atoms with E-state index in [1.807, 2.05) is 18.7 Å². The van der Waals surface area contributed by atoms with Crippen molar-refractivity contribution in [3.63, 3.8) is 0 Å². The maximum atomic E-state index is 12.6. The minimum absolute atomic E-state index is 0.0132. The van der Waals surface area contributed by atoms with Crippen LogP contribution < -0.4 is 5.32 Å². The minimum atomic E-state index is -0.132. The lowest BCUT2D eigenvalue weighted by Crippen LogP contribution is -2.46. The van der Waals surface area contributed by atoms with Crippen LogP contribution in [-0.4, -0.2) is 68.2 Å². The van der Waals surface area contributed by atoms with E-state index < -0.39 is 0 Å². The van der Waals surface area contributed by atoms with Gasteiger partial charge in [-0.05, 0) is 26.7 Å². The number of amides is 3. The fraction of sp³-hybridized carbons (Fsp3) is 0.867. The number of carbonyl (C=O) groups excluding carboxylic acids is 2. The van der Waals surface area contributed by atoms with E-state index in [-0.39, 0.29) is 29.3 Å². The molecule has 2 saturated heterocycles. The lowest BCUT2D eigenvalue weighted by Gasteiger charge is -2.37. The topological polar surface area (TPSA) is 61.9 Å². The zero-order chi connectivity index (χ0) is 15.6. The van der Waals surface area contributed by atoms with Gasteiger partial charge in [0, 0.05) is 51.9 Å². The number of rotatable bonds is 2. The Kier molecular flexibility index (Phi) is 4.76. The van der Waals surface area contributed by atoms with Gasteiger partial charge in [-0.2, -0.15) is 0 Å². The third kappa shape index (κ3) is 3.31. The highest BCUT2D eigenvalue weighted by atomic mass is 16.5. The van der Waals surface area contributed by atoms with Gasteiger partial charge in [-0.3, -0.25) is 4.79 Å². The van der Waals surface area contributed by atoms with Crippen molar-refractivity contribution in [2.45, 2.75) is 32.7 Å². The van der Waals surface area contributed by atoms with Crippen molar-refractivity contribution < 1.29 is 14.3 Å². The molecule has 1 spiro atoms. The van der Waals surface area contributed by atoms with Gasteiger partial charge in [-0.1, -0.05) is 0 Å². The SMILES string of the molecule is CC(C)NC(=O)[C@H]1CN(C(=O)N(C)C)CC12CCOCC2. The Labute approximate surface area is 126 Å². The van der Waals surface area contributed by atoms with Crippen LogP contribution in [0.15, 0.2) is 0 Å². The summed E-state index contributed by atoms with van der Waals surface area (Å²) in [5.74, 6) is -0.0614. The summed E-state index contributed by atoms with van der Waals surface area (Å²) in [7, 11) is 3.50. The van der Waals surface area contributed by atoms with Gasteiger partial charge in [0.05, 0.1) is 5.92 Å². The molecule has 3 amide bonds. The summed E-state index contributed by atoms with van der Waals surface area (Å²) in [4.78, 5) is 28.2. The number of likely N-dealkylation sites (tertiary alicyclic amines) is 1. The molecule has 2 aliphatic rings. The van der Waals surface area contributed by atoms with Crippen LogP contribution in [0.25, 0.3) is 0 Å². The predicted molar refractivity (Wildman–Crippen MR) is 79.9 cm³/mol. The maximum Gasteiger partial charge on any atom is 0.319 e. The van der Waals surface area contributed by atoms with E-state index in [4.69, 9.17) is 4.74 Å². The second-order valence-electron chi connectivity index (χ2n) is 6.75. The van der Waals surface area contributed by atoms with Gasteiger partial charge in [-0.15, -0.1) is 0 Å². The second kappa shape index (κ2) is 6.22. The fourth-order valence-corrected chi connectivity index (χ4v) is 3.43. The molecule has 2 heterocycles. The average Bonchev–Trinajstić information content (AvgIpc) is 2.77. The van der Waals surface area contributed by atoms with Gasteiger partial charge in [0.1, 0.15) is 0 Å². The first kappa shape index (κ1) is 16.1. The molecule has 6 heteroatoms. The van der Waals surface area contributed by atoms with Crippen LogP contribution in [-0.2, 0) is 9.53 Å². The molecule has 0 unspecified atom stereocenters. The van der Waals surface area contributed by atoms with Crippen LogP contribution in [0.1, 0.15) is 26.7 Å². The molecule has 2 aliphatic heterocycles. The van der Waals surface area contributed by atoms with Crippen molar-refractivity contribution in [2.75, 3.05) is 40.4 Å². The van der Waals surface area contributed by atoms with E-state index >= 15 is 0 Å². The molecule has 0 radical (unpaired) electrons. The first-order valence-electron chi connectivity index (χ1n) is 7.70. The lowest BCUT2D eigenvalue weighted by molar-refractivity contribution is -0.130. The molecule has 21 heavy (non-hydrogen) atoms. The summed E-state index contributed by atoms with van der Waals surface area (Å²) in [5, 5.41) is 3.01. The molecule has 0 aliphatic carbocycles. The number of nitrogens with zero attached hydrogens (tertiary/aromatic N) is 2. The fourth-order valence-electron chi connectivity index (χ4n) is 3.43. The van der Waals surface area contributed by atoms with E-state index in [9.17, 15) is 9.59 Å². The van der Waals surface area contributed by atoms with Crippen LogP contribution in [0.2, 0.25) is 0 Å². The Morgan fingerprint density at radius 1 is 1.29 bits per heavy atom. The summed E-state index contributed by atoms with van der Waals surface area (Å²) in [5.41, 5.74) is -0.122. The van der Waals surface area contributed by atoms with Crippen LogP contribution in [0.4, 0.5) is 4.79 Å². The molecule has 0 aromatic carbocycles. The van der Waals surface area contributed by atoms with Crippen molar-refractivity contribution in [1.82, 2.24) is 15.1 Å². The van der Waals surface area contributed by atoms with Gasteiger partial charge >= 0.3 is 6.03 Å². The molecule has 6 nitrogen and oxygen atoms in total. The van der Waals surface area contributed by atoms with Gasteiger partial charge in [0.25, 0.3) is 0 Å². The van der Waals surface area contributed by atoms with Gasteiger partial charge in [0.15, 0.2) is 0 Å². The Hall–Kier alpha value is -1.30. The smallest absolute Gasteiger partial charge is 0.319 e. The van der Waals surface area contributed by atoms with E-state index in [1.165, 1.54) is 0 Å². The molecule has 0 aromatic rings. The molecule has 0 saturated carbocycles. The minimum Gasteiger partial charge on any atom is -0.381 e. The first-order valence-corrected chi connectivity index (χ1v) is 7.70. The summed E-state index contributed by atoms with van der Waals surface area (Å²) in [6.07, 6.45) is 1.70. The lowest BCUT2D eigenvalue weighted by atomic mass is 9.71. The monoisotopic (exact) mass is 297 g/mol. The number of hydrogen-bond acceptors (Lipinski definition) is 3. The van der Waals surface area contributed by atoms with Gasteiger partial charge in [0.2, 0.25) is 5.91 Å². The average molecular weight is 297 g/mol. The molecular formula is C15H27N3O3. The third-order valence-corrected chi connectivity index (χ3v) is 4.54. The van der Waals surface area contributed by atoms with Gasteiger partial charge in [-0.25, -0.2) is 4.79 Å². The Balaban J connectivity index is 2.18. The molecule has 0 aromatic heterocycles. The van der Waals surface area contributed by atoms with Crippen molar-refractivity contribution in [2.24, 2.45) is 11.3 Å². The Morgan fingerprint density at radius 3 is 2.43 bits per heavy atom. The van der Waals surface area contributed by atoms with E-state index in [0.717, 1.165) is 12.8 Å². The van der Waals surface area contributed by atoms with Crippen molar-refractivity contribution in [3.05, 3.63) is 0 Å². The summed E-state index contributed by atoms with van der Waals surface area (Å²) >= 11 is 0. The predicted octanol–water partition coefficient (Wildman–Crippen LogP) is 0.921. The molecule has 1 N–H and O–H groups in total. The standard InChI is InChI=1S/C15H27N3O3/c1-11(2)16-13(19)12-9-18(14(20)17(3)4)10-15(12)5-7-21-8-6-15/h11-12H,5-10H2,1-4H3,(H,16,19)/t12-/m1/s1. The zero-order valence-corrected chi connectivity index (χ0v) is 13.5. The number of nitrogens with one attached hydrogen (secondary N) is 1. The first-order chi connectivity index (χ1) is 9.85.